The molecule has 1 atom stereocenters. The fourth-order valence-corrected chi connectivity index (χ4v) is 6.78. The number of anilines is 2. The highest BCUT2D eigenvalue weighted by Crippen LogP contribution is 2.43. The van der Waals surface area contributed by atoms with E-state index in [9.17, 15) is 21.6 Å². The Hall–Kier alpha value is -2.44. The van der Waals surface area contributed by atoms with Gasteiger partial charge in [-0.3, -0.25) is 9.62 Å². The number of benzene rings is 1. The number of aromatic nitrogens is 2. The summed E-state index contributed by atoms with van der Waals surface area (Å²) >= 11 is 1.08. The first-order valence-electron chi connectivity index (χ1n) is 11.3. The molecule has 5 rings (SSSR count). The average Bonchev–Trinajstić information content (AvgIpc) is 3.45. The molecule has 0 aliphatic carbocycles. The second-order valence-corrected chi connectivity index (χ2v) is 12.5. The Morgan fingerprint density at radius 2 is 1.86 bits per heavy atom. The van der Waals surface area contributed by atoms with Gasteiger partial charge in [-0.05, 0) is 43.1 Å². The highest BCUT2D eigenvalue weighted by molar-refractivity contribution is 7.92. The third kappa shape index (κ3) is 5.70. The van der Waals surface area contributed by atoms with Crippen LogP contribution < -0.4 is 9.62 Å². The Morgan fingerprint density at radius 3 is 2.57 bits per heavy atom. The van der Waals surface area contributed by atoms with Crippen LogP contribution in [-0.4, -0.2) is 61.9 Å². The Labute approximate surface area is 206 Å². The van der Waals surface area contributed by atoms with E-state index in [1.54, 1.807) is 18.2 Å². The number of nitrogens with one attached hydrogen (secondary N) is 1. The smallest absolute Gasteiger partial charge is 0.355 e. The maximum atomic E-state index is 12.9. The van der Waals surface area contributed by atoms with Crippen molar-refractivity contribution in [2.75, 3.05) is 42.1 Å². The molecule has 0 saturated carbocycles. The van der Waals surface area contributed by atoms with Crippen molar-refractivity contribution in [1.82, 2.24) is 14.9 Å². The summed E-state index contributed by atoms with van der Waals surface area (Å²) in [5.74, 6) is 0.726. The molecule has 1 aromatic carbocycles. The molecule has 2 saturated heterocycles. The zero-order chi connectivity index (χ0) is 24.8. The molecular weight excluding hydrogens is 499 g/mol. The van der Waals surface area contributed by atoms with Crippen molar-refractivity contribution in [3.8, 4) is 0 Å². The van der Waals surface area contributed by atoms with E-state index in [1.165, 1.54) is 6.33 Å². The van der Waals surface area contributed by atoms with E-state index in [0.29, 0.717) is 15.9 Å². The summed E-state index contributed by atoms with van der Waals surface area (Å²) < 4.78 is 63.9. The quantitative estimate of drug-likeness (QED) is 0.518. The van der Waals surface area contributed by atoms with E-state index < -0.39 is 22.6 Å². The SMILES string of the molecule is CS(=O)(=O)Nc1ccc(CN2CCC3(CCN(c4ncnc5sc(CC(F)(F)F)cc45)C3)C2)cc1. The largest absolute Gasteiger partial charge is 0.393 e. The van der Waals surface area contributed by atoms with Crippen LogP contribution in [0.25, 0.3) is 10.2 Å². The molecule has 2 aromatic heterocycles. The monoisotopic (exact) mass is 525 g/mol. The van der Waals surface area contributed by atoms with E-state index in [0.717, 1.165) is 74.5 Å². The van der Waals surface area contributed by atoms with Crippen LogP contribution >= 0.6 is 11.3 Å². The molecule has 2 aliphatic heterocycles. The van der Waals surface area contributed by atoms with Gasteiger partial charge in [-0.25, -0.2) is 18.4 Å². The van der Waals surface area contributed by atoms with Crippen LogP contribution in [0.15, 0.2) is 36.7 Å². The van der Waals surface area contributed by atoms with Gasteiger partial charge in [0.25, 0.3) is 0 Å². The van der Waals surface area contributed by atoms with Gasteiger partial charge in [-0.15, -0.1) is 11.3 Å². The summed E-state index contributed by atoms with van der Waals surface area (Å²) in [6.45, 7) is 4.31. The standard InChI is InChI=1S/C23H26F3N5O2S2/c1-35(32,33)29-17-4-2-16(3-5-17)12-30-8-6-22(13-30)7-9-31(14-22)20-19-10-18(11-23(24,25)26)34-21(19)28-15-27-20/h2-5,10,15,29H,6-9,11-14H2,1H3. The third-order valence-corrected chi connectivity index (χ3v) is 8.30. The first-order chi connectivity index (χ1) is 16.5. The van der Waals surface area contributed by atoms with Gasteiger partial charge >= 0.3 is 6.18 Å². The van der Waals surface area contributed by atoms with Gasteiger partial charge in [0, 0.05) is 42.2 Å². The molecule has 1 N–H and O–H groups in total. The lowest BCUT2D eigenvalue weighted by Crippen LogP contribution is -2.31. The van der Waals surface area contributed by atoms with Crippen LogP contribution in [0.5, 0.6) is 0 Å². The summed E-state index contributed by atoms with van der Waals surface area (Å²) in [4.78, 5) is 14.1. The zero-order valence-electron chi connectivity index (χ0n) is 19.2. The number of nitrogens with zero attached hydrogens (tertiary/aromatic N) is 4. The predicted molar refractivity (Wildman–Crippen MR) is 131 cm³/mol. The lowest BCUT2D eigenvalue weighted by Gasteiger charge is -2.25. The maximum Gasteiger partial charge on any atom is 0.393 e. The van der Waals surface area contributed by atoms with Crippen LogP contribution in [-0.2, 0) is 23.0 Å². The fourth-order valence-electron chi connectivity index (χ4n) is 5.19. The van der Waals surface area contributed by atoms with Gasteiger partial charge in [-0.1, -0.05) is 12.1 Å². The molecular formula is C23H26F3N5O2S2. The second-order valence-electron chi connectivity index (χ2n) is 9.62. The van der Waals surface area contributed by atoms with Gasteiger partial charge in [0.15, 0.2) is 0 Å². The lowest BCUT2D eigenvalue weighted by atomic mass is 9.86. The van der Waals surface area contributed by atoms with E-state index in [2.05, 4.69) is 24.5 Å². The number of hydrogen-bond donors (Lipinski definition) is 1. The summed E-state index contributed by atoms with van der Waals surface area (Å²) in [5.41, 5.74) is 1.78. The topological polar surface area (TPSA) is 78.4 Å². The number of rotatable bonds is 6. The zero-order valence-corrected chi connectivity index (χ0v) is 20.8. The highest BCUT2D eigenvalue weighted by atomic mass is 32.2. The normalized spacial score (nSPS) is 21.4. The fraction of sp³-hybridized carbons (Fsp3) is 0.478. The summed E-state index contributed by atoms with van der Waals surface area (Å²) in [5, 5.41) is 0.700. The first-order valence-corrected chi connectivity index (χ1v) is 14.0. The van der Waals surface area contributed by atoms with Gasteiger partial charge in [-0.2, -0.15) is 13.2 Å². The van der Waals surface area contributed by atoms with Crippen LogP contribution in [0.3, 0.4) is 0 Å². The van der Waals surface area contributed by atoms with Crippen molar-refractivity contribution < 1.29 is 21.6 Å². The Balaban J connectivity index is 1.25. The number of thiophene rings is 1. The maximum absolute atomic E-state index is 12.9. The number of alkyl halides is 3. The molecule has 188 valence electrons. The van der Waals surface area contributed by atoms with Crippen molar-refractivity contribution in [3.63, 3.8) is 0 Å². The number of fused-ring (bicyclic) bond motifs is 1. The van der Waals surface area contributed by atoms with Crippen LogP contribution in [0.2, 0.25) is 0 Å². The number of hydrogen-bond acceptors (Lipinski definition) is 7. The van der Waals surface area contributed by atoms with Crippen molar-refractivity contribution in [3.05, 3.63) is 47.1 Å². The van der Waals surface area contributed by atoms with Gasteiger partial charge < -0.3 is 4.90 Å². The summed E-state index contributed by atoms with van der Waals surface area (Å²) in [6, 6.07) is 9.01. The number of sulfonamides is 1. The average molecular weight is 526 g/mol. The van der Waals surface area contributed by atoms with Crippen molar-refractivity contribution in [2.24, 2.45) is 5.41 Å². The minimum absolute atomic E-state index is 0.125. The molecule has 2 fully saturated rings. The van der Waals surface area contributed by atoms with Crippen LogP contribution in [0.1, 0.15) is 23.3 Å². The van der Waals surface area contributed by atoms with Gasteiger partial charge in [0.2, 0.25) is 10.0 Å². The molecule has 35 heavy (non-hydrogen) atoms. The van der Waals surface area contributed by atoms with Gasteiger partial charge in [0.1, 0.15) is 17.0 Å². The molecule has 12 heteroatoms. The van der Waals surface area contributed by atoms with Crippen LogP contribution in [0, 0.1) is 5.41 Å². The Bertz CT molecular complexity index is 1330. The Morgan fingerprint density at radius 1 is 1.11 bits per heavy atom. The Kier molecular flexibility index (Phi) is 6.17. The van der Waals surface area contributed by atoms with E-state index in [4.69, 9.17) is 0 Å². The minimum Gasteiger partial charge on any atom is -0.355 e. The molecule has 0 radical (unpaired) electrons. The van der Waals surface area contributed by atoms with E-state index in [1.807, 2.05) is 12.1 Å². The number of likely N-dealkylation sites (tertiary alicyclic amines) is 1. The first kappa shape index (κ1) is 24.3. The molecule has 4 heterocycles. The summed E-state index contributed by atoms with van der Waals surface area (Å²) in [7, 11) is -3.30. The van der Waals surface area contributed by atoms with Crippen LogP contribution in [0.4, 0.5) is 24.7 Å². The van der Waals surface area contributed by atoms with Gasteiger partial charge in [0.05, 0.1) is 18.1 Å². The molecule has 7 nitrogen and oxygen atoms in total. The highest BCUT2D eigenvalue weighted by Gasteiger charge is 2.44. The minimum atomic E-state index is -4.25. The molecule has 0 amide bonds. The second kappa shape index (κ2) is 8.90. The van der Waals surface area contributed by atoms with Crippen molar-refractivity contribution in [2.45, 2.75) is 32.0 Å². The third-order valence-electron chi connectivity index (χ3n) is 6.65. The summed E-state index contributed by atoms with van der Waals surface area (Å²) in [6.07, 6.45) is -0.566. The van der Waals surface area contributed by atoms with E-state index in [-0.39, 0.29) is 10.3 Å². The van der Waals surface area contributed by atoms with Crippen molar-refractivity contribution >= 4 is 43.1 Å². The molecule has 1 spiro atoms. The molecule has 1 unspecified atom stereocenters. The van der Waals surface area contributed by atoms with Crippen molar-refractivity contribution in [1.29, 1.82) is 0 Å². The number of halogens is 3. The molecule has 0 bridgehead atoms. The predicted octanol–water partition coefficient (Wildman–Crippen LogP) is 4.27. The molecule has 3 aromatic rings. The lowest BCUT2D eigenvalue weighted by molar-refractivity contribution is -0.126. The molecule has 2 aliphatic rings. The van der Waals surface area contributed by atoms with E-state index >= 15 is 0 Å².